The minimum Gasteiger partial charge on any atom is -0.334 e. The fourth-order valence-electron chi connectivity index (χ4n) is 0.654. The maximum atomic E-state index is 10.4. The van der Waals surface area contributed by atoms with Crippen LogP contribution < -0.4 is 0 Å². The van der Waals surface area contributed by atoms with Crippen LogP contribution in [0.4, 0.5) is 0 Å². The van der Waals surface area contributed by atoms with E-state index in [-0.39, 0.29) is 13.0 Å². The molecular weight excluding hydrogens is 262 g/mol. The topological polar surface area (TPSA) is 52.6 Å². The summed E-state index contributed by atoms with van der Waals surface area (Å²) in [6.07, 6.45) is 1.29. The molecule has 0 aliphatic rings. The maximum Gasteiger partial charge on any atom is 0.223 e. The van der Waals surface area contributed by atoms with Gasteiger partial charge in [-0.25, -0.2) is 0 Å². The van der Waals surface area contributed by atoms with E-state index in [1.807, 2.05) is 0 Å². The number of alkyl halides is 1. The highest BCUT2D eigenvalue weighted by Crippen LogP contribution is 2.33. The maximum absolute atomic E-state index is 10.4. The molecule has 88 valence electrons. The van der Waals surface area contributed by atoms with E-state index < -0.39 is 19.0 Å². The van der Waals surface area contributed by atoms with Crippen LogP contribution >= 0.6 is 31.6 Å². The zero-order chi connectivity index (χ0) is 11.7. The van der Waals surface area contributed by atoms with Crippen LogP contribution in [0.3, 0.4) is 0 Å². The lowest BCUT2D eigenvalue weighted by Gasteiger charge is -2.12. The summed E-state index contributed by atoms with van der Waals surface area (Å²) in [7, 11) is -1.03. The molecule has 0 aliphatic carbocycles. The Balaban J connectivity index is 3.36. The summed E-state index contributed by atoms with van der Waals surface area (Å²) >= 11 is 10.7. The van der Waals surface area contributed by atoms with Crippen LogP contribution in [-0.2, 0) is 18.6 Å². The van der Waals surface area contributed by atoms with E-state index in [9.17, 15) is 9.59 Å². The summed E-state index contributed by atoms with van der Waals surface area (Å²) in [6, 6.07) is 0. The van der Waals surface area contributed by atoms with Crippen LogP contribution in [0, 0.1) is 0 Å². The molecule has 0 rings (SSSR count). The average Bonchev–Trinajstić information content (AvgIpc) is 2.17. The highest BCUT2D eigenvalue weighted by Gasteiger charge is 2.07. The Morgan fingerprint density at radius 2 is 2.07 bits per heavy atom. The van der Waals surface area contributed by atoms with Gasteiger partial charge in [0.15, 0.2) is 8.38 Å². The highest BCUT2D eigenvalue weighted by molar-refractivity contribution is 7.46. The smallest absolute Gasteiger partial charge is 0.223 e. The molecule has 0 bridgehead atoms. The van der Waals surface area contributed by atoms with Gasteiger partial charge in [0.1, 0.15) is 6.29 Å². The Bertz CT molecular complexity index is 203. The van der Waals surface area contributed by atoms with Gasteiger partial charge >= 0.3 is 0 Å². The molecule has 0 amide bonds. The normalized spacial score (nSPS) is 14.6. The molecule has 7 heteroatoms. The number of carbonyl (C=O) groups is 2. The average molecular weight is 275 g/mol. The first kappa shape index (κ1) is 15.3. The molecule has 4 nitrogen and oxygen atoms in total. The Hall–Kier alpha value is 0.270. The van der Waals surface area contributed by atoms with Crippen LogP contribution in [0.15, 0.2) is 0 Å². The Kier molecular flexibility index (Phi) is 9.66. The molecule has 2 atom stereocenters. The van der Waals surface area contributed by atoms with Gasteiger partial charge in [0.2, 0.25) is 5.24 Å². The van der Waals surface area contributed by atoms with Crippen LogP contribution in [0.2, 0.25) is 0 Å². The fraction of sp³-hybridized carbons (Fsp3) is 0.750. The molecule has 0 saturated carbocycles. The van der Waals surface area contributed by atoms with Gasteiger partial charge in [0.25, 0.3) is 0 Å². The lowest BCUT2D eigenvalue weighted by Crippen LogP contribution is -2.04. The van der Waals surface area contributed by atoms with Crippen molar-refractivity contribution in [3.8, 4) is 0 Å². The van der Waals surface area contributed by atoms with Gasteiger partial charge in [-0.3, -0.25) is 4.79 Å². The van der Waals surface area contributed by atoms with Crippen LogP contribution in [0.25, 0.3) is 0 Å². The third kappa shape index (κ3) is 10.6. The second-order valence-corrected chi connectivity index (χ2v) is 5.03. The van der Waals surface area contributed by atoms with E-state index in [0.717, 1.165) is 0 Å². The number of rotatable bonds is 9. The van der Waals surface area contributed by atoms with Gasteiger partial charge in [0.05, 0.1) is 18.6 Å². The first-order valence-corrected chi connectivity index (χ1v) is 6.77. The lowest BCUT2D eigenvalue weighted by molar-refractivity contribution is -0.112. The van der Waals surface area contributed by atoms with E-state index in [1.54, 1.807) is 6.66 Å². The van der Waals surface area contributed by atoms with Crippen molar-refractivity contribution in [1.29, 1.82) is 0 Å². The SMILES string of the molecule is CP(OCCC(=O)Cl)OCCC(Cl)C=O. The second kappa shape index (κ2) is 9.49. The zero-order valence-corrected chi connectivity index (χ0v) is 10.7. The third-order valence-electron chi connectivity index (χ3n) is 1.39. The number of carbonyl (C=O) groups excluding carboxylic acids is 2. The van der Waals surface area contributed by atoms with Crippen molar-refractivity contribution in [2.75, 3.05) is 19.9 Å². The van der Waals surface area contributed by atoms with Gasteiger partial charge in [0, 0.05) is 13.1 Å². The zero-order valence-electron chi connectivity index (χ0n) is 8.32. The van der Waals surface area contributed by atoms with Gasteiger partial charge < -0.3 is 13.8 Å². The monoisotopic (exact) mass is 274 g/mol. The molecule has 2 unspecified atom stereocenters. The minimum atomic E-state index is -1.03. The van der Waals surface area contributed by atoms with Crippen LogP contribution in [0.1, 0.15) is 12.8 Å². The predicted molar refractivity (Wildman–Crippen MR) is 60.5 cm³/mol. The van der Waals surface area contributed by atoms with E-state index in [1.165, 1.54) is 0 Å². The van der Waals surface area contributed by atoms with Gasteiger partial charge in [-0.1, -0.05) is 0 Å². The number of hydrogen-bond donors (Lipinski definition) is 0. The molecule has 0 aromatic heterocycles. The summed E-state index contributed by atoms with van der Waals surface area (Å²) in [5.74, 6) is 0. The lowest BCUT2D eigenvalue weighted by atomic mass is 10.3. The van der Waals surface area contributed by atoms with Crippen molar-refractivity contribution in [3.05, 3.63) is 0 Å². The molecule has 0 fully saturated rings. The highest BCUT2D eigenvalue weighted by atomic mass is 35.5. The summed E-state index contributed by atoms with van der Waals surface area (Å²) in [5.41, 5.74) is 0. The summed E-state index contributed by atoms with van der Waals surface area (Å²) in [4.78, 5) is 20.5. The molecule has 0 aliphatic heterocycles. The van der Waals surface area contributed by atoms with Crippen molar-refractivity contribution in [3.63, 3.8) is 0 Å². The van der Waals surface area contributed by atoms with E-state index in [2.05, 4.69) is 0 Å². The van der Waals surface area contributed by atoms with Gasteiger partial charge in [-0.15, -0.1) is 11.6 Å². The quantitative estimate of drug-likeness (QED) is 0.280. The Morgan fingerprint density at radius 1 is 1.47 bits per heavy atom. The van der Waals surface area contributed by atoms with Crippen molar-refractivity contribution < 1.29 is 18.6 Å². The molecule has 0 saturated heterocycles. The largest absolute Gasteiger partial charge is 0.334 e. The van der Waals surface area contributed by atoms with Gasteiger partial charge in [-0.2, -0.15) is 0 Å². The van der Waals surface area contributed by atoms with Crippen molar-refractivity contribution in [2.45, 2.75) is 18.2 Å². The third-order valence-corrected chi connectivity index (χ3v) is 2.99. The summed E-state index contributed by atoms with van der Waals surface area (Å²) < 4.78 is 10.4. The Labute approximate surface area is 100 Å². The molecule has 0 heterocycles. The van der Waals surface area contributed by atoms with E-state index in [4.69, 9.17) is 32.2 Å². The van der Waals surface area contributed by atoms with Crippen LogP contribution in [-0.4, -0.2) is 36.8 Å². The van der Waals surface area contributed by atoms with Crippen molar-refractivity contribution >= 4 is 43.1 Å². The van der Waals surface area contributed by atoms with E-state index in [0.29, 0.717) is 19.3 Å². The molecule has 0 radical (unpaired) electrons. The minimum absolute atomic E-state index is 0.171. The molecular formula is C8H13Cl2O4P. The first-order valence-electron chi connectivity index (χ1n) is 4.33. The second-order valence-electron chi connectivity index (χ2n) is 2.65. The number of halogens is 2. The summed E-state index contributed by atoms with van der Waals surface area (Å²) in [5, 5.41) is -0.946. The van der Waals surface area contributed by atoms with Gasteiger partial charge in [-0.05, 0) is 18.0 Å². The van der Waals surface area contributed by atoms with Crippen molar-refractivity contribution in [2.24, 2.45) is 0 Å². The number of aldehydes is 1. The van der Waals surface area contributed by atoms with Crippen molar-refractivity contribution in [1.82, 2.24) is 0 Å². The number of hydrogen-bond acceptors (Lipinski definition) is 4. The van der Waals surface area contributed by atoms with Crippen LogP contribution in [0.5, 0.6) is 0 Å². The molecule has 0 N–H and O–H groups in total. The van der Waals surface area contributed by atoms with E-state index >= 15 is 0 Å². The first-order chi connectivity index (χ1) is 7.06. The molecule has 0 aromatic rings. The fourth-order valence-corrected chi connectivity index (χ4v) is 1.61. The Morgan fingerprint density at radius 3 is 2.60 bits per heavy atom. The predicted octanol–water partition coefficient (Wildman–Crippen LogP) is 2.31. The summed E-state index contributed by atoms with van der Waals surface area (Å²) in [6.45, 7) is 2.38. The standard InChI is InChI=1S/C8H13Cl2O4P/c1-15(14-5-3-8(10)12)13-4-2-7(9)6-11/h6-7H,2-5H2,1H3. The molecule has 0 aromatic carbocycles. The molecule has 15 heavy (non-hydrogen) atoms. The molecule has 0 spiro atoms.